The lowest BCUT2D eigenvalue weighted by atomic mass is 10.1. The van der Waals surface area contributed by atoms with Crippen molar-refractivity contribution in [2.75, 3.05) is 13.6 Å². The van der Waals surface area contributed by atoms with Gasteiger partial charge in [-0.15, -0.1) is 0 Å². The number of benzene rings is 2. The second-order valence-electron chi connectivity index (χ2n) is 5.28. The van der Waals surface area contributed by atoms with Crippen LogP contribution in [0.4, 0.5) is 4.39 Å². The Morgan fingerprint density at radius 1 is 1.14 bits per heavy atom. The molecule has 2 rings (SSSR count). The van der Waals surface area contributed by atoms with Crippen molar-refractivity contribution in [3.8, 4) is 0 Å². The van der Waals surface area contributed by atoms with Crippen LogP contribution in [-0.2, 0) is 6.42 Å². The van der Waals surface area contributed by atoms with Crippen LogP contribution in [-0.4, -0.2) is 24.4 Å². The molecule has 0 N–H and O–H groups in total. The van der Waals surface area contributed by atoms with Crippen molar-refractivity contribution in [2.45, 2.75) is 19.8 Å². The lowest BCUT2D eigenvalue weighted by Crippen LogP contribution is -2.28. The second-order valence-corrected chi connectivity index (χ2v) is 5.28. The van der Waals surface area contributed by atoms with E-state index in [1.165, 1.54) is 17.7 Å². The third kappa shape index (κ3) is 4.15. The summed E-state index contributed by atoms with van der Waals surface area (Å²) < 4.78 is 13.1. The normalized spacial score (nSPS) is 10.4. The summed E-state index contributed by atoms with van der Waals surface area (Å²) in [6, 6.07) is 14.5. The van der Waals surface area contributed by atoms with E-state index in [0.29, 0.717) is 17.7 Å². The average molecular weight is 285 g/mol. The van der Waals surface area contributed by atoms with E-state index in [-0.39, 0.29) is 11.7 Å². The number of carbonyl (C=O) groups excluding carboxylic acids is 1. The molecule has 21 heavy (non-hydrogen) atoms. The Morgan fingerprint density at radius 2 is 1.86 bits per heavy atom. The Hall–Kier alpha value is -2.16. The van der Waals surface area contributed by atoms with E-state index in [0.717, 1.165) is 12.8 Å². The SMILES string of the molecule is Cc1cc(F)ccc1C(=O)N(C)CCCc1ccccc1. The van der Waals surface area contributed by atoms with Crippen molar-refractivity contribution in [1.29, 1.82) is 0 Å². The first-order chi connectivity index (χ1) is 10.1. The molecule has 0 fully saturated rings. The molecule has 0 aliphatic carbocycles. The van der Waals surface area contributed by atoms with E-state index in [2.05, 4.69) is 12.1 Å². The Bertz CT molecular complexity index is 610. The topological polar surface area (TPSA) is 20.3 Å². The third-order valence-corrected chi connectivity index (χ3v) is 3.57. The molecule has 0 unspecified atom stereocenters. The maximum atomic E-state index is 13.1. The molecule has 0 bridgehead atoms. The minimum atomic E-state index is -0.309. The van der Waals surface area contributed by atoms with E-state index < -0.39 is 0 Å². The Balaban J connectivity index is 1.90. The fraction of sp³-hybridized carbons (Fsp3) is 0.278. The first kappa shape index (κ1) is 15.2. The fourth-order valence-electron chi connectivity index (χ4n) is 2.34. The van der Waals surface area contributed by atoms with E-state index in [1.54, 1.807) is 24.9 Å². The first-order valence-corrected chi connectivity index (χ1v) is 7.13. The molecule has 0 aromatic heterocycles. The van der Waals surface area contributed by atoms with Crippen LogP contribution in [0.2, 0.25) is 0 Å². The molecule has 2 aromatic carbocycles. The van der Waals surface area contributed by atoms with Crippen molar-refractivity contribution in [1.82, 2.24) is 4.90 Å². The van der Waals surface area contributed by atoms with Gasteiger partial charge in [-0.05, 0) is 49.1 Å². The minimum absolute atomic E-state index is 0.0550. The lowest BCUT2D eigenvalue weighted by molar-refractivity contribution is 0.0793. The van der Waals surface area contributed by atoms with E-state index in [4.69, 9.17) is 0 Å². The van der Waals surface area contributed by atoms with Gasteiger partial charge in [0.25, 0.3) is 5.91 Å². The predicted octanol–water partition coefficient (Wildman–Crippen LogP) is 3.84. The van der Waals surface area contributed by atoms with Crippen molar-refractivity contribution in [3.63, 3.8) is 0 Å². The van der Waals surface area contributed by atoms with Gasteiger partial charge in [-0.1, -0.05) is 30.3 Å². The molecule has 110 valence electrons. The number of hydrogen-bond acceptors (Lipinski definition) is 1. The first-order valence-electron chi connectivity index (χ1n) is 7.13. The molecule has 3 heteroatoms. The average Bonchev–Trinajstić information content (AvgIpc) is 2.47. The summed E-state index contributed by atoms with van der Waals surface area (Å²) in [5, 5.41) is 0. The van der Waals surface area contributed by atoms with Crippen LogP contribution in [0.1, 0.15) is 27.9 Å². The van der Waals surface area contributed by atoms with Crippen molar-refractivity contribution in [3.05, 3.63) is 71.0 Å². The molecule has 0 spiro atoms. The maximum absolute atomic E-state index is 13.1. The molecule has 0 saturated carbocycles. The predicted molar refractivity (Wildman–Crippen MR) is 82.9 cm³/mol. The van der Waals surface area contributed by atoms with Crippen LogP contribution in [0, 0.1) is 12.7 Å². The lowest BCUT2D eigenvalue weighted by Gasteiger charge is -2.18. The van der Waals surface area contributed by atoms with Crippen molar-refractivity contribution >= 4 is 5.91 Å². The van der Waals surface area contributed by atoms with Gasteiger partial charge in [-0.2, -0.15) is 0 Å². The Labute approximate surface area is 125 Å². The zero-order valence-electron chi connectivity index (χ0n) is 12.5. The molecule has 0 saturated heterocycles. The molecule has 2 nitrogen and oxygen atoms in total. The quantitative estimate of drug-likeness (QED) is 0.817. The summed E-state index contributed by atoms with van der Waals surface area (Å²) in [4.78, 5) is 14.0. The van der Waals surface area contributed by atoms with Gasteiger partial charge in [0.05, 0.1) is 0 Å². The molecule has 0 radical (unpaired) electrons. The van der Waals surface area contributed by atoms with Crippen LogP contribution in [0.25, 0.3) is 0 Å². The number of carbonyl (C=O) groups is 1. The number of rotatable bonds is 5. The largest absolute Gasteiger partial charge is 0.342 e. The van der Waals surface area contributed by atoms with Gasteiger partial charge in [0, 0.05) is 19.2 Å². The second kappa shape index (κ2) is 7.02. The Morgan fingerprint density at radius 3 is 2.52 bits per heavy atom. The smallest absolute Gasteiger partial charge is 0.253 e. The third-order valence-electron chi connectivity index (χ3n) is 3.57. The summed E-state index contributed by atoms with van der Waals surface area (Å²) in [5.41, 5.74) is 2.52. The monoisotopic (exact) mass is 285 g/mol. The van der Waals surface area contributed by atoms with Crippen molar-refractivity contribution < 1.29 is 9.18 Å². The van der Waals surface area contributed by atoms with E-state index in [1.807, 2.05) is 18.2 Å². The minimum Gasteiger partial charge on any atom is -0.342 e. The number of aryl methyl sites for hydroxylation is 2. The van der Waals surface area contributed by atoms with Gasteiger partial charge >= 0.3 is 0 Å². The van der Waals surface area contributed by atoms with Gasteiger partial charge in [-0.3, -0.25) is 4.79 Å². The number of hydrogen-bond donors (Lipinski definition) is 0. The number of nitrogens with zero attached hydrogens (tertiary/aromatic N) is 1. The van der Waals surface area contributed by atoms with Gasteiger partial charge in [0.2, 0.25) is 0 Å². The fourth-order valence-corrected chi connectivity index (χ4v) is 2.34. The molecule has 2 aromatic rings. The molecule has 0 aliphatic rings. The van der Waals surface area contributed by atoms with E-state index in [9.17, 15) is 9.18 Å². The number of halogens is 1. The highest BCUT2D eigenvalue weighted by atomic mass is 19.1. The Kier molecular flexibility index (Phi) is 5.09. The van der Waals surface area contributed by atoms with Gasteiger partial charge in [-0.25, -0.2) is 4.39 Å². The maximum Gasteiger partial charge on any atom is 0.253 e. The molecule has 0 atom stereocenters. The number of amides is 1. The molecular formula is C18H20FNO. The highest BCUT2D eigenvalue weighted by Gasteiger charge is 2.14. The zero-order chi connectivity index (χ0) is 15.2. The highest BCUT2D eigenvalue weighted by Crippen LogP contribution is 2.13. The van der Waals surface area contributed by atoms with Gasteiger partial charge < -0.3 is 4.90 Å². The molecule has 0 heterocycles. The summed E-state index contributed by atoms with van der Waals surface area (Å²) in [7, 11) is 1.79. The van der Waals surface area contributed by atoms with Crippen LogP contribution < -0.4 is 0 Å². The molecule has 1 amide bonds. The molecule has 0 aliphatic heterocycles. The van der Waals surface area contributed by atoms with Gasteiger partial charge in [0.1, 0.15) is 5.82 Å². The standard InChI is InChI=1S/C18H20FNO/c1-14-13-16(19)10-11-17(14)18(21)20(2)12-6-9-15-7-4-3-5-8-15/h3-5,7-8,10-11,13H,6,9,12H2,1-2H3. The van der Waals surface area contributed by atoms with Crippen molar-refractivity contribution in [2.24, 2.45) is 0 Å². The summed E-state index contributed by atoms with van der Waals surface area (Å²) in [6.07, 6.45) is 1.85. The van der Waals surface area contributed by atoms with Crippen LogP contribution in [0.3, 0.4) is 0 Å². The van der Waals surface area contributed by atoms with Crippen LogP contribution >= 0.6 is 0 Å². The van der Waals surface area contributed by atoms with Crippen LogP contribution in [0.5, 0.6) is 0 Å². The zero-order valence-corrected chi connectivity index (χ0v) is 12.5. The van der Waals surface area contributed by atoms with Gasteiger partial charge in [0.15, 0.2) is 0 Å². The summed E-state index contributed by atoms with van der Waals surface area (Å²) >= 11 is 0. The summed E-state index contributed by atoms with van der Waals surface area (Å²) in [6.45, 7) is 2.44. The van der Waals surface area contributed by atoms with Crippen LogP contribution in [0.15, 0.2) is 48.5 Å². The summed E-state index contributed by atoms with van der Waals surface area (Å²) in [5.74, 6) is -0.364. The molecular weight excluding hydrogens is 265 g/mol. The highest BCUT2D eigenvalue weighted by molar-refractivity contribution is 5.95. The van der Waals surface area contributed by atoms with E-state index >= 15 is 0 Å².